The Labute approximate surface area is 179 Å². The fourth-order valence-corrected chi connectivity index (χ4v) is 4.85. The number of hydrogen-bond acceptors (Lipinski definition) is 4. The van der Waals surface area contributed by atoms with Gasteiger partial charge in [-0.15, -0.1) is 0 Å². The normalized spacial score (nSPS) is 15.2. The Morgan fingerprint density at radius 1 is 0.967 bits per heavy atom. The van der Waals surface area contributed by atoms with E-state index in [9.17, 15) is 13.2 Å². The number of carbonyl (C=O) groups is 1. The molecule has 0 spiro atoms. The number of rotatable bonds is 8. The molecule has 0 saturated carbocycles. The van der Waals surface area contributed by atoms with Gasteiger partial charge in [-0.2, -0.15) is 4.31 Å². The summed E-state index contributed by atoms with van der Waals surface area (Å²) in [5.74, 6) is 0.852. The first kappa shape index (κ1) is 22.3. The summed E-state index contributed by atoms with van der Waals surface area (Å²) in [7, 11) is -3.52. The predicted octanol–water partition coefficient (Wildman–Crippen LogP) is 3.25. The first-order chi connectivity index (χ1) is 14.4. The quantitative estimate of drug-likeness (QED) is 0.603. The van der Waals surface area contributed by atoms with E-state index in [1.807, 2.05) is 50.2 Å². The van der Waals surface area contributed by atoms with Crippen molar-refractivity contribution in [2.75, 3.05) is 32.8 Å². The van der Waals surface area contributed by atoms with E-state index in [0.29, 0.717) is 50.5 Å². The Bertz CT molecular complexity index is 932. The summed E-state index contributed by atoms with van der Waals surface area (Å²) in [6.07, 6.45) is 1.91. The van der Waals surface area contributed by atoms with Crippen LogP contribution in [-0.2, 0) is 21.2 Å². The molecule has 0 aromatic heterocycles. The Morgan fingerprint density at radius 2 is 1.60 bits per heavy atom. The van der Waals surface area contributed by atoms with Crippen molar-refractivity contribution in [3.8, 4) is 5.75 Å². The van der Waals surface area contributed by atoms with Crippen LogP contribution in [-0.4, -0.2) is 56.3 Å². The van der Waals surface area contributed by atoms with Crippen molar-refractivity contribution in [1.29, 1.82) is 0 Å². The van der Waals surface area contributed by atoms with Crippen molar-refractivity contribution in [1.82, 2.24) is 9.21 Å². The maximum Gasteiger partial charge on any atom is 0.243 e. The Hall–Kier alpha value is -2.38. The van der Waals surface area contributed by atoms with E-state index in [2.05, 4.69) is 0 Å². The van der Waals surface area contributed by atoms with Gasteiger partial charge in [0, 0.05) is 32.6 Å². The van der Waals surface area contributed by atoms with Crippen LogP contribution in [0, 0.1) is 6.92 Å². The van der Waals surface area contributed by atoms with Crippen molar-refractivity contribution in [2.24, 2.45) is 0 Å². The minimum atomic E-state index is -3.52. The molecule has 1 heterocycles. The standard InChI is InChI=1S/C23H30N2O4S/c1-3-20-8-12-22(13-9-20)30(27,28)25-16-14-24(15-17-25)23(26)5-4-18-29-21-10-6-19(2)7-11-21/h6-13H,3-5,14-18H2,1-2H3. The summed E-state index contributed by atoms with van der Waals surface area (Å²) < 4.78 is 32.8. The summed E-state index contributed by atoms with van der Waals surface area (Å²) >= 11 is 0. The molecule has 30 heavy (non-hydrogen) atoms. The third kappa shape index (κ3) is 5.61. The van der Waals surface area contributed by atoms with Crippen LogP contribution in [0.3, 0.4) is 0 Å². The summed E-state index contributed by atoms with van der Waals surface area (Å²) in [4.78, 5) is 14.5. The van der Waals surface area contributed by atoms with Crippen molar-refractivity contribution in [3.05, 3.63) is 59.7 Å². The molecule has 3 rings (SSSR count). The third-order valence-electron chi connectivity index (χ3n) is 5.39. The first-order valence-electron chi connectivity index (χ1n) is 10.5. The second-order valence-electron chi connectivity index (χ2n) is 7.55. The van der Waals surface area contributed by atoms with E-state index in [4.69, 9.17) is 4.74 Å². The van der Waals surface area contributed by atoms with E-state index in [-0.39, 0.29) is 5.91 Å². The van der Waals surface area contributed by atoms with Crippen LogP contribution in [0.5, 0.6) is 5.75 Å². The number of benzene rings is 2. The zero-order valence-corrected chi connectivity index (χ0v) is 18.5. The second kappa shape index (κ2) is 10.1. The minimum absolute atomic E-state index is 0.0480. The summed E-state index contributed by atoms with van der Waals surface area (Å²) in [5.41, 5.74) is 2.28. The Morgan fingerprint density at radius 3 is 2.20 bits per heavy atom. The fraction of sp³-hybridized carbons (Fsp3) is 0.435. The number of ether oxygens (including phenoxy) is 1. The van der Waals surface area contributed by atoms with E-state index in [1.54, 1.807) is 17.0 Å². The van der Waals surface area contributed by atoms with Gasteiger partial charge in [0.15, 0.2) is 0 Å². The topological polar surface area (TPSA) is 66.9 Å². The highest BCUT2D eigenvalue weighted by molar-refractivity contribution is 7.89. The van der Waals surface area contributed by atoms with Crippen LogP contribution in [0.2, 0.25) is 0 Å². The Balaban J connectivity index is 1.43. The molecule has 1 aliphatic heterocycles. The molecule has 0 radical (unpaired) electrons. The monoisotopic (exact) mass is 430 g/mol. The van der Waals surface area contributed by atoms with Crippen LogP contribution in [0.15, 0.2) is 53.4 Å². The van der Waals surface area contributed by atoms with Crippen LogP contribution in [0.25, 0.3) is 0 Å². The average molecular weight is 431 g/mol. The van der Waals surface area contributed by atoms with Gasteiger partial charge in [0.05, 0.1) is 11.5 Å². The highest BCUT2D eigenvalue weighted by Gasteiger charge is 2.29. The molecule has 162 valence electrons. The number of hydrogen-bond donors (Lipinski definition) is 0. The van der Waals surface area contributed by atoms with E-state index >= 15 is 0 Å². The molecule has 1 amide bonds. The largest absolute Gasteiger partial charge is 0.494 e. The van der Waals surface area contributed by atoms with E-state index < -0.39 is 10.0 Å². The van der Waals surface area contributed by atoms with Gasteiger partial charge < -0.3 is 9.64 Å². The third-order valence-corrected chi connectivity index (χ3v) is 7.30. The van der Waals surface area contributed by atoms with Crippen LogP contribution < -0.4 is 4.74 Å². The van der Waals surface area contributed by atoms with Gasteiger partial charge in [0.2, 0.25) is 15.9 Å². The molecule has 6 nitrogen and oxygen atoms in total. The molecule has 0 bridgehead atoms. The second-order valence-corrected chi connectivity index (χ2v) is 9.49. The SMILES string of the molecule is CCc1ccc(S(=O)(=O)N2CCN(C(=O)CCCOc3ccc(C)cc3)CC2)cc1. The fourth-order valence-electron chi connectivity index (χ4n) is 3.43. The van der Waals surface area contributed by atoms with Crippen LogP contribution >= 0.6 is 0 Å². The van der Waals surface area contributed by atoms with E-state index in [1.165, 1.54) is 9.87 Å². The first-order valence-corrected chi connectivity index (χ1v) is 11.9. The van der Waals surface area contributed by atoms with Crippen molar-refractivity contribution < 1.29 is 17.9 Å². The van der Waals surface area contributed by atoms with Crippen molar-refractivity contribution >= 4 is 15.9 Å². The number of amides is 1. The molecule has 1 fully saturated rings. The molecule has 0 N–H and O–H groups in total. The zero-order valence-electron chi connectivity index (χ0n) is 17.7. The molecule has 2 aromatic carbocycles. The van der Waals surface area contributed by atoms with Gasteiger partial charge in [-0.3, -0.25) is 4.79 Å². The molecular weight excluding hydrogens is 400 g/mol. The Kier molecular flexibility index (Phi) is 7.50. The average Bonchev–Trinajstić information content (AvgIpc) is 2.78. The number of nitrogens with zero attached hydrogens (tertiary/aromatic N) is 2. The molecule has 1 saturated heterocycles. The lowest BCUT2D eigenvalue weighted by Crippen LogP contribution is -2.50. The number of sulfonamides is 1. The van der Waals surface area contributed by atoms with Gasteiger partial charge in [0.1, 0.15) is 5.75 Å². The molecule has 0 unspecified atom stereocenters. The van der Waals surface area contributed by atoms with Gasteiger partial charge in [-0.05, 0) is 49.6 Å². The van der Waals surface area contributed by atoms with Gasteiger partial charge in [-0.1, -0.05) is 36.8 Å². The summed E-state index contributed by atoms with van der Waals surface area (Å²) in [6, 6.07) is 14.9. The van der Waals surface area contributed by atoms with Gasteiger partial charge in [-0.25, -0.2) is 8.42 Å². The lowest BCUT2D eigenvalue weighted by Gasteiger charge is -2.34. The summed E-state index contributed by atoms with van der Waals surface area (Å²) in [6.45, 7) is 6.03. The van der Waals surface area contributed by atoms with Gasteiger partial charge in [0.25, 0.3) is 0 Å². The number of piperazine rings is 1. The molecular formula is C23H30N2O4S. The van der Waals surface area contributed by atoms with E-state index in [0.717, 1.165) is 17.7 Å². The minimum Gasteiger partial charge on any atom is -0.494 e. The van der Waals surface area contributed by atoms with Crippen molar-refractivity contribution in [2.45, 2.75) is 38.0 Å². The summed E-state index contributed by atoms with van der Waals surface area (Å²) in [5, 5.41) is 0. The molecule has 0 atom stereocenters. The number of aryl methyl sites for hydroxylation is 2. The molecule has 1 aliphatic rings. The number of carbonyl (C=O) groups excluding carboxylic acids is 1. The lowest BCUT2D eigenvalue weighted by molar-refractivity contribution is -0.132. The highest BCUT2D eigenvalue weighted by Crippen LogP contribution is 2.19. The maximum absolute atomic E-state index is 12.8. The predicted molar refractivity (Wildman–Crippen MR) is 117 cm³/mol. The molecule has 0 aliphatic carbocycles. The lowest BCUT2D eigenvalue weighted by atomic mass is 10.2. The zero-order chi connectivity index (χ0) is 21.6. The van der Waals surface area contributed by atoms with Crippen LogP contribution in [0.1, 0.15) is 30.9 Å². The maximum atomic E-state index is 12.8. The van der Waals surface area contributed by atoms with Crippen molar-refractivity contribution in [3.63, 3.8) is 0 Å². The van der Waals surface area contributed by atoms with Gasteiger partial charge >= 0.3 is 0 Å². The highest BCUT2D eigenvalue weighted by atomic mass is 32.2. The van der Waals surface area contributed by atoms with Crippen LogP contribution in [0.4, 0.5) is 0 Å². The smallest absolute Gasteiger partial charge is 0.243 e. The molecule has 7 heteroatoms. The molecule has 2 aromatic rings.